The van der Waals surface area contributed by atoms with Crippen LogP contribution in [0.1, 0.15) is 0 Å². The fourth-order valence-electron chi connectivity index (χ4n) is 0.453. The molecule has 1 aromatic rings. The van der Waals surface area contributed by atoms with Crippen molar-refractivity contribution in [3.05, 3.63) is 15.9 Å². The van der Waals surface area contributed by atoms with E-state index in [0.717, 1.165) is 0 Å². The van der Waals surface area contributed by atoms with E-state index in [-0.39, 0.29) is 0 Å². The number of rotatable bonds is 2. The molecular formula is C5H6BrNS2. The van der Waals surface area contributed by atoms with Crippen molar-refractivity contribution in [1.29, 1.82) is 0 Å². The van der Waals surface area contributed by atoms with Gasteiger partial charge in [-0.3, -0.25) is 4.72 Å². The average Bonchev–Trinajstić information content (AvgIpc) is 2.17. The Balaban J connectivity index is 2.61. The zero-order chi connectivity index (χ0) is 6.69. The summed E-state index contributed by atoms with van der Waals surface area (Å²) in [6.07, 6.45) is 0. The monoisotopic (exact) mass is 223 g/mol. The summed E-state index contributed by atoms with van der Waals surface area (Å²) in [5.74, 6) is 0. The molecule has 0 radical (unpaired) electrons. The van der Waals surface area contributed by atoms with E-state index in [1.807, 2.05) is 13.1 Å². The first-order chi connectivity index (χ1) is 4.33. The van der Waals surface area contributed by atoms with Gasteiger partial charge >= 0.3 is 0 Å². The summed E-state index contributed by atoms with van der Waals surface area (Å²) in [5, 5.41) is 0. The van der Waals surface area contributed by atoms with Crippen LogP contribution in [0.2, 0.25) is 0 Å². The molecule has 0 fully saturated rings. The zero-order valence-electron chi connectivity index (χ0n) is 4.85. The highest BCUT2D eigenvalue weighted by atomic mass is 79.9. The Labute approximate surface area is 71.1 Å². The standard InChI is InChI=1S/C5H6BrNS2/c1-7-9-5-3-2-4(6)8-5/h2-3,7H,1H3. The van der Waals surface area contributed by atoms with Crippen LogP contribution in [0.3, 0.4) is 0 Å². The average molecular weight is 224 g/mol. The molecule has 0 atom stereocenters. The molecule has 0 saturated carbocycles. The smallest absolute Gasteiger partial charge is 0.0763 e. The number of halogens is 1. The van der Waals surface area contributed by atoms with E-state index in [1.54, 1.807) is 23.3 Å². The molecule has 0 aliphatic heterocycles. The number of thiophene rings is 1. The van der Waals surface area contributed by atoms with Crippen LogP contribution >= 0.6 is 39.2 Å². The lowest BCUT2D eigenvalue weighted by Gasteiger charge is -1.88. The highest BCUT2D eigenvalue weighted by Gasteiger charge is 1.94. The van der Waals surface area contributed by atoms with E-state index in [2.05, 4.69) is 26.7 Å². The Morgan fingerprint density at radius 2 is 2.44 bits per heavy atom. The molecular weight excluding hydrogens is 218 g/mol. The van der Waals surface area contributed by atoms with E-state index in [1.165, 1.54) is 8.00 Å². The maximum atomic E-state index is 3.38. The molecule has 50 valence electrons. The third kappa shape index (κ3) is 2.29. The first kappa shape index (κ1) is 7.60. The van der Waals surface area contributed by atoms with Gasteiger partial charge in [0.05, 0.1) is 8.00 Å². The molecule has 0 aliphatic carbocycles. The van der Waals surface area contributed by atoms with Crippen molar-refractivity contribution in [2.24, 2.45) is 0 Å². The highest BCUT2D eigenvalue weighted by molar-refractivity contribution is 9.11. The van der Waals surface area contributed by atoms with E-state index >= 15 is 0 Å². The molecule has 0 saturated heterocycles. The third-order valence-corrected chi connectivity index (χ3v) is 3.21. The molecule has 1 heterocycles. The fourth-order valence-corrected chi connectivity index (χ4v) is 2.92. The van der Waals surface area contributed by atoms with Crippen LogP contribution in [0.25, 0.3) is 0 Å². The predicted molar refractivity (Wildman–Crippen MR) is 46.9 cm³/mol. The second-order valence-electron chi connectivity index (χ2n) is 1.36. The minimum atomic E-state index is 1.18. The van der Waals surface area contributed by atoms with E-state index in [9.17, 15) is 0 Å². The van der Waals surface area contributed by atoms with Crippen molar-refractivity contribution in [3.8, 4) is 0 Å². The van der Waals surface area contributed by atoms with Gasteiger partial charge in [0, 0.05) is 0 Å². The first-order valence-electron chi connectivity index (χ1n) is 2.42. The minimum Gasteiger partial charge on any atom is -0.262 e. The highest BCUT2D eigenvalue weighted by Crippen LogP contribution is 2.28. The van der Waals surface area contributed by atoms with Gasteiger partial charge in [0.25, 0.3) is 0 Å². The van der Waals surface area contributed by atoms with Gasteiger partial charge in [-0.05, 0) is 47.1 Å². The molecule has 9 heavy (non-hydrogen) atoms. The lowest BCUT2D eigenvalue weighted by molar-refractivity contribution is 1.29. The molecule has 0 aromatic carbocycles. The van der Waals surface area contributed by atoms with Crippen LogP contribution < -0.4 is 4.72 Å². The number of hydrogen-bond acceptors (Lipinski definition) is 3. The first-order valence-corrected chi connectivity index (χ1v) is 4.84. The lowest BCUT2D eigenvalue weighted by atomic mass is 10.7. The van der Waals surface area contributed by atoms with Crippen molar-refractivity contribution < 1.29 is 0 Å². The summed E-state index contributed by atoms with van der Waals surface area (Å²) in [5.41, 5.74) is 0. The second kappa shape index (κ2) is 3.61. The molecule has 1 nitrogen and oxygen atoms in total. The number of nitrogens with one attached hydrogen (secondary N) is 1. The van der Waals surface area contributed by atoms with Crippen LogP contribution in [0.5, 0.6) is 0 Å². The van der Waals surface area contributed by atoms with Gasteiger partial charge in [-0.25, -0.2) is 0 Å². The minimum absolute atomic E-state index is 1.18. The quantitative estimate of drug-likeness (QED) is 0.775. The molecule has 0 aliphatic rings. The van der Waals surface area contributed by atoms with Crippen LogP contribution in [0.15, 0.2) is 20.1 Å². The molecule has 0 amide bonds. The largest absolute Gasteiger partial charge is 0.262 e. The lowest BCUT2D eigenvalue weighted by Crippen LogP contribution is -1.87. The second-order valence-corrected chi connectivity index (χ2v) is 5.14. The van der Waals surface area contributed by atoms with Crippen molar-refractivity contribution in [1.82, 2.24) is 4.72 Å². The molecule has 0 unspecified atom stereocenters. The predicted octanol–water partition coefficient (Wildman–Crippen LogP) is 2.74. The Bertz CT molecular complexity index is 187. The molecule has 0 bridgehead atoms. The molecule has 1 rings (SSSR count). The summed E-state index contributed by atoms with van der Waals surface area (Å²) >= 11 is 6.74. The Morgan fingerprint density at radius 1 is 1.67 bits per heavy atom. The summed E-state index contributed by atoms with van der Waals surface area (Å²) < 4.78 is 5.47. The van der Waals surface area contributed by atoms with Gasteiger partial charge in [0.2, 0.25) is 0 Å². The topological polar surface area (TPSA) is 12.0 Å². The van der Waals surface area contributed by atoms with Gasteiger partial charge in [0.1, 0.15) is 0 Å². The van der Waals surface area contributed by atoms with Crippen molar-refractivity contribution in [2.75, 3.05) is 7.05 Å². The maximum absolute atomic E-state index is 3.38. The van der Waals surface area contributed by atoms with Crippen molar-refractivity contribution in [3.63, 3.8) is 0 Å². The van der Waals surface area contributed by atoms with Gasteiger partial charge in [-0.1, -0.05) is 0 Å². The van der Waals surface area contributed by atoms with Crippen molar-refractivity contribution >= 4 is 39.2 Å². The van der Waals surface area contributed by atoms with Crippen molar-refractivity contribution in [2.45, 2.75) is 4.21 Å². The van der Waals surface area contributed by atoms with E-state index in [0.29, 0.717) is 0 Å². The Hall–Kier alpha value is 0.490. The third-order valence-electron chi connectivity index (χ3n) is 0.751. The van der Waals surface area contributed by atoms with Gasteiger partial charge in [0.15, 0.2) is 0 Å². The molecule has 1 N–H and O–H groups in total. The van der Waals surface area contributed by atoms with Gasteiger partial charge < -0.3 is 0 Å². The van der Waals surface area contributed by atoms with E-state index < -0.39 is 0 Å². The van der Waals surface area contributed by atoms with Crippen LogP contribution in [-0.4, -0.2) is 7.05 Å². The Morgan fingerprint density at radius 3 is 2.89 bits per heavy atom. The molecule has 4 heteroatoms. The fraction of sp³-hybridized carbons (Fsp3) is 0.200. The normalized spacial score (nSPS) is 10.0. The zero-order valence-corrected chi connectivity index (χ0v) is 8.07. The van der Waals surface area contributed by atoms with Crippen LogP contribution in [0, 0.1) is 0 Å². The summed E-state index contributed by atoms with van der Waals surface area (Å²) in [7, 11) is 1.91. The summed E-state index contributed by atoms with van der Waals surface area (Å²) in [4.78, 5) is 0. The van der Waals surface area contributed by atoms with E-state index in [4.69, 9.17) is 0 Å². The summed E-state index contributed by atoms with van der Waals surface area (Å²) in [6.45, 7) is 0. The molecule has 1 aromatic heterocycles. The maximum Gasteiger partial charge on any atom is 0.0763 e. The summed E-state index contributed by atoms with van der Waals surface area (Å²) in [6, 6.07) is 4.13. The number of hydrogen-bond donors (Lipinski definition) is 1. The van der Waals surface area contributed by atoms with Gasteiger partial charge in [-0.2, -0.15) is 0 Å². The SMILES string of the molecule is CNSc1ccc(Br)s1. The van der Waals surface area contributed by atoms with Crippen LogP contribution in [-0.2, 0) is 0 Å². The Kier molecular flexibility index (Phi) is 3.04. The van der Waals surface area contributed by atoms with Gasteiger partial charge in [-0.15, -0.1) is 11.3 Å². The molecule has 0 spiro atoms. The van der Waals surface area contributed by atoms with Crippen LogP contribution in [0.4, 0.5) is 0 Å².